The van der Waals surface area contributed by atoms with Gasteiger partial charge in [0.2, 0.25) is 0 Å². The van der Waals surface area contributed by atoms with Gasteiger partial charge in [-0.15, -0.1) is 0 Å². The number of amidine groups is 1. The van der Waals surface area contributed by atoms with E-state index in [1.165, 1.54) is 10.9 Å². The van der Waals surface area contributed by atoms with Gasteiger partial charge in [-0.1, -0.05) is 70.5 Å². The Hall–Kier alpha value is -0.909. The fraction of sp³-hybridized carbons (Fsp3) is 0.583. The summed E-state index contributed by atoms with van der Waals surface area (Å²) in [7, 11) is -3.39. The zero-order valence-electron chi connectivity index (χ0n) is 22.0. The number of fused-ring (bicyclic) bond motifs is 1. The molecule has 0 fully saturated rings. The van der Waals surface area contributed by atoms with Crippen LogP contribution >= 0.6 is 0 Å². The first-order valence-electron chi connectivity index (χ1n) is 11.0. The molecular formula is C24H42LiN3OSi2. The first kappa shape index (κ1) is 30.1. The van der Waals surface area contributed by atoms with Crippen molar-refractivity contribution < 1.29 is 23.6 Å². The maximum Gasteiger partial charge on any atom is 1.00 e. The summed E-state index contributed by atoms with van der Waals surface area (Å²) in [6.45, 7) is 26.4. The number of hydrogen-bond donors (Lipinski definition) is 0. The van der Waals surface area contributed by atoms with Crippen molar-refractivity contribution in [2.45, 2.75) is 73.9 Å². The van der Waals surface area contributed by atoms with Gasteiger partial charge in [-0.25, -0.2) is 0 Å². The van der Waals surface area contributed by atoms with Gasteiger partial charge in [0, 0.05) is 24.3 Å². The average molecular weight is 452 g/mol. The zero-order chi connectivity index (χ0) is 23.3. The van der Waals surface area contributed by atoms with E-state index in [1.54, 1.807) is 0 Å². The SMILES string of the molecule is CC(C)(C)C(=N/[Si](C)(C)C)/C(=C1/N=C([NH-])c2ccccc21)[Si](C)(C)C.CCOCC.[Li+]. The molecule has 0 saturated heterocycles. The fourth-order valence-corrected chi connectivity index (χ4v) is 6.55. The minimum absolute atomic E-state index is 0. The van der Waals surface area contributed by atoms with Crippen molar-refractivity contribution >= 4 is 33.6 Å². The number of allylic oxidation sites excluding steroid dienone is 1. The summed E-state index contributed by atoms with van der Waals surface area (Å²) in [5, 5.41) is 1.32. The Kier molecular flexibility index (Phi) is 11.5. The summed E-state index contributed by atoms with van der Waals surface area (Å²) in [6, 6.07) is 8.13. The monoisotopic (exact) mass is 451 g/mol. The van der Waals surface area contributed by atoms with E-state index in [2.05, 4.69) is 66.1 Å². The van der Waals surface area contributed by atoms with Gasteiger partial charge in [0.05, 0.1) is 8.07 Å². The first-order valence-corrected chi connectivity index (χ1v) is 17.9. The minimum Gasteiger partial charge on any atom is -0.482 e. The maximum absolute atomic E-state index is 8.32. The van der Waals surface area contributed by atoms with Crippen LogP contribution in [-0.4, -0.2) is 41.1 Å². The molecule has 0 amide bonds. The molecule has 31 heavy (non-hydrogen) atoms. The molecule has 7 heteroatoms. The molecule has 1 aliphatic heterocycles. The number of ether oxygens (including phenoxy) is 1. The van der Waals surface area contributed by atoms with Crippen LogP contribution in [0, 0.1) is 5.41 Å². The number of aliphatic imine (C=N–C) groups is 1. The molecule has 0 radical (unpaired) electrons. The molecule has 0 bridgehead atoms. The molecule has 2 rings (SSSR count). The summed E-state index contributed by atoms with van der Waals surface area (Å²) >= 11 is 0. The van der Waals surface area contributed by atoms with Gasteiger partial charge in [0.1, 0.15) is 0 Å². The van der Waals surface area contributed by atoms with Crippen LogP contribution in [0.5, 0.6) is 0 Å². The van der Waals surface area contributed by atoms with E-state index < -0.39 is 16.3 Å². The Morgan fingerprint density at radius 2 is 1.45 bits per heavy atom. The molecule has 0 spiro atoms. The molecule has 1 aromatic rings. The van der Waals surface area contributed by atoms with E-state index in [4.69, 9.17) is 20.1 Å². The van der Waals surface area contributed by atoms with E-state index in [9.17, 15) is 0 Å². The molecular weight excluding hydrogens is 409 g/mol. The Morgan fingerprint density at radius 1 is 0.968 bits per heavy atom. The molecule has 0 unspecified atom stereocenters. The van der Waals surface area contributed by atoms with E-state index in [0.29, 0.717) is 5.84 Å². The number of nitrogens with zero attached hydrogens (tertiary/aromatic N) is 2. The van der Waals surface area contributed by atoms with Crippen LogP contribution in [-0.2, 0) is 4.74 Å². The fourth-order valence-electron chi connectivity index (χ4n) is 3.28. The molecule has 0 saturated carbocycles. The quantitative estimate of drug-likeness (QED) is 0.482. The van der Waals surface area contributed by atoms with Crippen molar-refractivity contribution in [3.8, 4) is 0 Å². The second-order valence-corrected chi connectivity index (χ2v) is 20.2. The van der Waals surface area contributed by atoms with Crippen molar-refractivity contribution in [1.29, 1.82) is 0 Å². The van der Waals surface area contributed by atoms with Gasteiger partial charge >= 0.3 is 18.9 Å². The first-order chi connectivity index (χ1) is 13.6. The molecule has 1 heterocycles. The minimum atomic E-state index is -1.74. The molecule has 1 aliphatic rings. The average Bonchev–Trinajstić information content (AvgIpc) is 2.90. The van der Waals surface area contributed by atoms with Gasteiger partial charge < -0.3 is 20.1 Å². The third-order valence-corrected chi connectivity index (χ3v) is 7.32. The van der Waals surface area contributed by atoms with Crippen LogP contribution in [0.3, 0.4) is 0 Å². The maximum atomic E-state index is 8.32. The number of hydrogen-bond acceptors (Lipinski definition) is 3. The van der Waals surface area contributed by atoms with Gasteiger partial charge in [-0.3, -0.25) is 0 Å². The molecule has 1 N–H and O–H groups in total. The van der Waals surface area contributed by atoms with E-state index in [1.807, 2.05) is 32.0 Å². The van der Waals surface area contributed by atoms with Crippen LogP contribution in [0.1, 0.15) is 45.7 Å². The largest absolute Gasteiger partial charge is 1.00 e. The Bertz CT molecular complexity index is 824. The van der Waals surface area contributed by atoms with E-state index >= 15 is 0 Å². The van der Waals surface area contributed by atoms with Gasteiger partial charge in [0.25, 0.3) is 0 Å². The molecule has 0 atom stereocenters. The third-order valence-electron chi connectivity index (χ3n) is 4.45. The van der Waals surface area contributed by atoms with Crippen molar-refractivity contribution in [1.82, 2.24) is 0 Å². The summed E-state index contributed by atoms with van der Waals surface area (Å²) in [5.74, 6) is 0.377. The second kappa shape index (κ2) is 11.8. The smallest absolute Gasteiger partial charge is 0.482 e. The summed E-state index contributed by atoms with van der Waals surface area (Å²) in [6.07, 6.45) is 0. The van der Waals surface area contributed by atoms with Crippen molar-refractivity contribution in [2.24, 2.45) is 15.1 Å². The normalized spacial score (nSPS) is 16.0. The summed E-state index contributed by atoms with van der Waals surface area (Å²) in [5.41, 5.74) is 12.5. The van der Waals surface area contributed by atoms with E-state index in [0.717, 1.165) is 30.0 Å². The molecule has 4 nitrogen and oxygen atoms in total. The van der Waals surface area contributed by atoms with Gasteiger partial charge in [-0.05, 0) is 55.5 Å². The van der Waals surface area contributed by atoms with Crippen molar-refractivity contribution in [2.75, 3.05) is 13.2 Å². The number of rotatable bonds is 5. The Labute approximate surface area is 205 Å². The van der Waals surface area contributed by atoms with Crippen LogP contribution in [0.15, 0.2) is 39.1 Å². The standard InChI is InChI=1S/C20H32N3Si2.C4H10O.Li/c1-20(2,3)18(23-25(7,8)9)17(24(4,5)6)16-14-12-10-11-13-15(14)19(21)22-16;1-3-5-4-2;/h10-13H,1-9H3,(H-,21,22);3-4H2,1-2H3;/q-1;;+1/b17-16-,23-18+;;. The Morgan fingerprint density at radius 3 is 1.81 bits per heavy atom. The Balaban J connectivity index is 0.00000135. The molecule has 0 aromatic heterocycles. The molecule has 0 aliphatic carbocycles. The number of benzene rings is 1. The molecule has 168 valence electrons. The van der Waals surface area contributed by atoms with Gasteiger partial charge in [-0.2, -0.15) is 0 Å². The number of nitrogens with one attached hydrogen (secondary N) is 1. The summed E-state index contributed by atoms with van der Waals surface area (Å²) < 4.78 is 10.1. The van der Waals surface area contributed by atoms with Gasteiger partial charge in [0.15, 0.2) is 8.24 Å². The summed E-state index contributed by atoms with van der Waals surface area (Å²) in [4.78, 5) is 4.72. The predicted octanol–water partition coefficient (Wildman–Crippen LogP) is 4.46. The molecule has 1 aromatic carbocycles. The van der Waals surface area contributed by atoms with Crippen LogP contribution < -0.4 is 18.9 Å². The topological polar surface area (TPSA) is 57.8 Å². The third kappa shape index (κ3) is 8.86. The predicted molar refractivity (Wildman–Crippen MR) is 140 cm³/mol. The second-order valence-electron chi connectivity index (χ2n) is 10.6. The van der Waals surface area contributed by atoms with E-state index in [-0.39, 0.29) is 24.3 Å². The zero-order valence-corrected chi connectivity index (χ0v) is 24.0. The van der Waals surface area contributed by atoms with Crippen LogP contribution in [0.2, 0.25) is 39.3 Å². The van der Waals surface area contributed by atoms with Crippen molar-refractivity contribution in [3.63, 3.8) is 0 Å². The van der Waals surface area contributed by atoms with Crippen molar-refractivity contribution in [3.05, 3.63) is 46.3 Å². The van der Waals surface area contributed by atoms with Crippen LogP contribution in [0.25, 0.3) is 11.4 Å². The van der Waals surface area contributed by atoms with Crippen LogP contribution in [0.4, 0.5) is 0 Å².